The molecule has 0 aliphatic rings. The summed E-state index contributed by atoms with van der Waals surface area (Å²) in [7, 11) is -3.62. The average molecular weight is 297 g/mol. The predicted octanol–water partition coefficient (Wildman–Crippen LogP) is 1.97. The standard InChI is InChI=1S/C12H15N3O2S2/c1-2-10-7-15-12(18-10)8-14-9-3-5-11(6-4-9)19(13,16)17/h3-7,14H,2,8H2,1H3,(H2,13,16,17). The summed E-state index contributed by atoms with van der Waals surface area (Å²) >= 11 is 1.67. The van der Waals surface area contributed by atoms with E-state index in [0.29, 0.717) is 6.54 Å². The van der Waals surface area contributed by atoms with Crippen LogP contribution in [0.4, 0.5) is 5.69 Å². The number of primary sulfonamides is 1. The molecule has 0 radical (unpaired) electrons. The van der Waals surface area contributed by atoms with Crippen LogP contribution in [-0.2, 0) is 23.0 Å². The lowest BCUT2D eigenvalue weighted by Gasteiger charge is -2.05. The quantitative estimate of drug-likeness (QED) is 0.883. The van der Waals surface area contributed by atoms with Gasteiger partial charge in [-0.25, -0.2) is 18.5 Å². The highest BCUT2D eigenvalue weighted by molar-refractivity contribution is 7.89. The van der Waals surface area contributed by atoms with Gasteiger partial charge < -0.3 is 5.32 Å². The summed E-state index contributed by atoms with van der Waals surface area (Å²) in [5.74, 6) is 0. The van der Waals surface area contributed by atoms with Crippen LogP contribution >= 0.6 is 11.3 Å². The first kappa shape index (κ1) is 14.0. The zero-order valence-corrected chi connectivity index (χ0v) is 12.1. The second-order valence-corrected chi connectivity index (χ2v) is 6.76. The summed E-state index contributed by atoms with van der Waals surface area (Å²) in [6.45, 7) is 2.72. The van der Waals surface area contributed by atoms with Gasteiger partial charge in [-0.15, -0.1) is 11.3 Å². The van der Waals surface area contributed by atoms with Crippen LogP contribution in [0.1, 0.15) is 16.8 Å². The van der Waals surface area contributed by atoms with Gasteiger partial charge in [0.25, 0.3) is 0 Å². The van der Waals surface area contributed by atoms with Crippen molar-refractivity contribution in [1.29, 1.82) is 0 Å². The van der Waals surface area contributed by atoms with Crippen LogP contribution in [0, 0.1) is 0 Å². The number of hydrogen-bond donors (Lipinski definition) is 2. The van der Waals surface area contributed by atoms with E-state index in [1.807, 2.05) is 6.20 Å². The van der Waals surface area contributed by atoms with E-state index in [0.717, 1.165) is 17.1 Å². The van der Waals surface area contributed by atoms with E-state index >= 15 is 0 Å². The smallest absolute Gasteiger partial charge is 0.238 e. The number of anilines is 1. The fourth-order valence-corrected chi connectivity index (χ4v) is 2.85. The molecule has 2 rings (SSSR count). The third kappa shape index (κ3) is 3.76. The summed E-state index contributed by atoms with van der Waals surface area (Å²) in [4.78, 5) is 5.66. The van der Waals surface area contributed by atoms with Crippen molar-refractivity contribution in [3.8, 4) is 0 Å². The van der Waals surface area contributed by atoms with Gasteiger partial charge in [0.1, 0.15) is 5.01 Å². The molecule has 1 heterocycles. The molecular formula is C12H15N3O2S2. The molecule has 0 spiro atoms. The molecule has 0 fully saturated rings. The molecule has 5 nitrogen and oxygen atoms in total. The van der Waals surface area contributed by atoms with Gasteiger partial charge in [0.2, 0.25) is 10.0 Å². The number of sulfonamides is 1. The lowest BCUT2D eigenvalue weighted by atomic mass is 10.3. The molecule has 7 heteroatoms. The van der Waals surface area contributed by atoms with Crippen molar-refractivity contribution in [1.82, 2.24) is 4.98 Å². The maximum Gasteiger partial charge on any atom is 0.238 e. The molecule has 0 aliphatic carbocycles. The number of hydrogen-bond acceptors (Lipinski definition) is 5. The van der Waals surface area contributed by atoms with Crippen LogP contribution in [0.5, 0.6) is 0 Å². The van der Waals surface area contributed by atoms with Gasteiger partial charge in [-0.3, -0.25) is 0 Å². The summed E-state index contributed by atoms with van der Waals surface area (Å²) < 4.78 is 22.2. The first-order valence-corrected chi connectivity index (χ1v) is 8.15. The van der Waals surface area contributed by atoms with Crippen LogP contribution in [0.15, 0.2) is 35.4 Å². The molecule has 0 atom stereocenters. The van der Waals surface area contributed by atoms with Crippen molar-refractivity contribution in [2.75, 3.05) is 5.32 Å². The molecule has 0 saturated carbocycles. The van der Waals surface area contributed by atoms with Crippen molar-refractivity contribution in [3.63, 3.8) is 0 Å². The molecule has 0 saturated heterocycles. The van der Waals surface area contributed by atoms with Crippen LogP contribution in [0.3, 0.4) is 0 Å². The Kier molecular flexibility index (Phi) is 4.18. The van der Waals surface area contributed by atoms with Gasteiger partial charge in [-0.05, 0) is 30.7 Å². The van der Waals surface area contributed by atoms with Crippen LogP contribution in [0.2, 0.25) is 0 Å². The van der Waals surface area contributed by atoms with Crippen LogP contribution < -0.4 is 10.5 Å². The largest absolute Gasteiger partial charge is 0.379 e. The van der Waals surface area contributed by atoms with Crippen LogP contribution in [-0.4, -0.2) is 13.4 Å². The Bertz CT molecular complexity index is 648. The van der Waals surface area contributed by atoms with Crippen molar-refractivity contribution in [3.05, 3.63) is 40.3 Å². The minimum atomic E-state index is -3.62. The van der Waals surface area contributed by atoms with Gasteiger partial charge in [0.05, 0.1) is 11.4 Å². The third-order valence-electron chi connectivity index (χ3n) is 2.58. The van der Waals surface area contributed by atoms with E-state index < -0.39 is 10.0 Å². The number of aryl methyl sites for hydroxylation is 1. The summed E-state index contributed by atoms with van der Waals surface area (Å²) in [6, 6.07) is 6.34. The fraction of sp³-hybridized carbons (Fsp3) is 0.250. The topological polar surface area (TPSA) is 85.1 Å². The van der Waals surface area contributed by atoms with Crippen molar-refractivity contribution in [2.45, 2.75) is 24.8 Å². The van der Waals surface area contributed by atoms with Gasteiger partial charge in [0, 0.05) is 16.8 Å². The summed E-state index contributed by atoms with van der Waals surface area (Å²) in [5.41, 5.74) is 0.834. The zero-order chi connectivity index (χ0) is 13.9. The minimum absolute atomic E-state index is 0.112. The highest BCUT2D eigenvalue weighted by atomic mass is 32.2. The second kappa shape index (κ2) is 5.68. The van der Waals surface area contributed by atoms with E-state index in [9.17, 15) is 8.42 Å². The molecule has 19 heavy (non-hydrogen) atoms. The normalized spacial score (nSPS) is 11.5. The van der Waals surface area contributed by atoms with Gasteiger partial charge in [-0.2, -0.15) is 0 Å². The lowest BCUT2D eigenvalue weighted by molar-refractivity contribution is 0.598. The number of rotatable bonds is 5. The number of nitrogens with two attached hydrogens (primary N) is 1. The number of nitrogens with zero attached hydrogens (tertiary/aromatic N) is 1. The molecule has 0 bridgehead atoms. The molecule has 1 aromatic carbocycles. The highest BCUT2D eigenvalue weighted by Crippen LogP contribution is 2.17. The van der Waals surface area contributed by atoms with Crippen molar-refractivity contribution in [2.24, 2.45) is 5.14 Å². The van der Waals surface area contributed by atoms with Crippen LogP contribution in [0.25, 0.3) is 0 Å². The maximum atomic E-state index is 11.1. The SMILES string of the molecule is CCc1cnc(CNc2ccc(S(N)(=O)=O)cc2)s1. The molecule has 102 valence electrons. The monoisotopic (exact) mass is 297 g/mol. The summed E-state index contributed by atoms with van der Waals surface area (Å²) in [6.07, 6.45) is 2.87. The number of thiazole rings is 1. The van der Waals surface area contributed by atoms with E-state index in [1.165, 1.54) is 17.0 Å². The number of benzene rings is 1. The molecule has 2 aromatic rings. The lowest BCUT2D eigenvalue weighted by Crippen LogP contribution is -2.11. The average Bonchev–Trinajstić information content (AvgIpc) is 2.84. The number of aromatic nitrogens is 1. The van der Waals surface area contributed by atoms with E-state index in [1.54, 1.807) is 23.5 Å². The second-order valence-electron chi connectivity index (χ2n) is 4.00. The molecule has 1 aromatic heterocycles. The molecular weight excluding hydrogens is 282 g/mol. The highest BCUT2D eigenvalue weighted by Gasteiger charge is 2.06. The Morgan fingerprint density at radius 1 is 1.32 bits per heavy atom. The summed E-state index contributed by atoms with van der Waals surface area (Å²) in [5, 5.41) is 9.23. The maximum absolute atomic E-state index is 11.1. The van der Waals surface area contributed by atoms with Crippen molar-refractivity contribution >= 4 is 27.0 Å². The molecule has 0 amide bonds. The molecule has 0 unspecified atom stereocenters. The van der Waals surface area contributed by atoms with E-state index in [4.69, 9.17) is 5.14 Å². The Balaban J connectivity index is 2.00. The Morgan fingerprint density at radius 3 is 2.53 bits per heavy atom. The minimum Gasteiger partial charge on any atom is -0.379 e. The van der Waals surface area contributed by atoms with Gasteiger partial charge in [-0.1, -0.05) is 6.92 Å². The molecule has 0 aliphatic heterocycles. The third-order valence-corrected chi connectivity index (χ3v) is 4.65. The van der Waals surface area contributed by atoms with Gasteiger partial charge >= 0.3 is 0 Å². The van der Waals surface area contributed by atoms with E-state index in [2.05, 4.69) is 17.2 Å². The first-order valence-electron chi connectivity index (χ1n) is 5.79. The van der Waals surface area contributed by atoms with Gasteiger partial charge in [0.15, 0.2) is 0 Å². The number of nitrogens with one attached hydrogen (secondary N) is 1. The predicted molar refractivity (Wildman–Crippen MR) is 76.6 cm³/mol. The fourth-order valence-electron chi connectivity index (χ4n) is 1.53. The van der Waals surface area contributed by atoms with E-state index in [-0.39, 0.29) is 4.90 Å². The Hall–Kier alpha value is -1.44. The zero-order valence-electron chi connectivity index (χ0n) is 10.5. The first-order chi connectivity index (χ1) is 8.99. The Labute approximate surface area is 116 Å². The Morgan fingerprint density at radius 2 is 2.00 bits per heavy atom. The van der Waals surface area contributed by atoms with Crippen molar-refractivity contribution < 1.29 is 8.42 Å². The molecule has 3 N–H and O–H groups in total.